The molecule has 0 saturated carbocycles. The van der Waals surface area contributed by atoms with Gasteiger partial charge in [-0.1, -0.05) is 0 Å². The molecule has 6 nitrogen and oxygen atoms in total. The van der Waals surface area contributed by atoms with Crippen LogP contribution >= 0.6 is 0 Å². The third kappa shape index (κ3) is 3.00. The molecular formula is C16H19NO5. The van der Waals surface area contributed by atoms with E-state index < -0.39 is 0 Å². The van der Waals surface area contributed by atoms with Crippen LogP contribution in [0.25, 0.3) is 0 Å². The lowest BCUT2D eigenvalue weighted by molar-refractivity contribution is 0.0995. The van der Waals surface area contributed by atoms with Crippen molar-refractivity contribution >= 4 is 11.6 Å². The summed E-state index contributed by atoms with van der Waals surface area (Å²) >= 11 is 0. The molecule has 1 amide bonds. The molecule has 1 N–H and O–H groups in total. The summed E-state index contributed by atoms with van der Waals surface area (Å²) < 4.78 is 21.1. The number of nitrogens with one attached hydrogen (secondary N) is 1. The minimum absolute atomic E-state index is 0.253. The fraction of sp³-hybridized carbons (Fsp3) is 0.312. The van der Waals surface area contributed by atoms with Crippen molar-refractivity contribution in [1.29, 1.82) is 0 Å². The average Bonchev–Trinajstić information content (AvgIpc) is 2.85. The molecule has 0 radical (unpaired) electrons. The van der Waals surface area contributed by atoms with Crippen LogP contribution < -0.4 is 19.5 Å². The molecule has 0 fully saturated rings. The Bertz CT molecular complexity index is 645. The normalized spacial score (nSPS) is 10.2. The van der Waals surface area contributed by atoms with Crippen LogP contribution in [0.3, 0.4) is 0 Å². The van der Waals surface area contributed by atoms with E-state index in [0.717, 1.165) is 11.3 Å². The molecule has 1 heterocycles. The molecule has 0 atom stereocenters. The zero-order valence-corrected chi connectivity index (χ0v) is 13.3. The van der Waals surface area contributed by atoms with Crippen molar-refractivity contribution in [2.75, 3.05) is 26.6 Å². The van der Waals surface area contributed by atoms with Gasteiger partial charge in [-0.2, -0.15) is 0 Å². The van der Waals surface area contributed by atoms with Gasteiger partial charge in [-0.05, 0) is 25.5 Å². The maximum Gasteiger partial charge on any atom is 0.291 e. The number of carbonyl (C=O) groups excluding carboxylic acids is 1. The Kier molecular flexibility index (Phi) is 4.60. The van der Waals surface area contributed by atoms with Crippen LogP contribution in [0.1, 0.15) is 21.9 Å². The molecule has 2 aromatic rings. The molecule has 0 spiro atoms. The number of aryl methyl sites for hydroxylation is 2. The zero-order valence-electron chi connectivity index (χ0n) is 13.3. The van der Waals surface area contributed by atoms with E-state index in [1.165, 1.54) is 21.3 Å². The second kappa shape index (κ2) is 6.43. The second-order valence-electron chi connectivity index (χ2n) is 4.72. The van der Waals surface area contributed by atoms with Crippen LogP contribution in [-0.2, 0) is 0 Å². The first-order valence-electron chi connectivity index (χ1n) is 6.68. The van der Waals surface area contributed by atoms with Crippen molar-refractivity contribution in [3.8, 4) is 17.2 Å². The van der Waals surface area contributed by atoms with Gasteiger partial charge in [0.2, 0.25) is 5.75 Å². The molecule has 2 rings (SSSR count). The maximum atomic E-state index is 12.2. The standard InChI is InChI=1S/C16H19NO5/c1-9-6-14(22-10(9)2)16(18)17-11-7-12(19-3)15(21-5)13(8-11)20-4/h6-8H,1-5H3,(H,17,18). The number of anilines is 1. The summed E-state index contributed by atoms with van der Waals surface area (Å²) in [4.78, 5) is 12.2. The molecule has 0 saturated heterocycles. The first kappa shape index (κ1) is 15.8. The minimum atomic E-state index is -0.342. The molecule has 1 aromatic carbocycles. The summed E-state index contributed by atoms with van der Waals surface area (Å²) in [5.74, 6) is 2.02. The zero-order chi connectivity index (χ0) is 16.3. The molecule has 0 aliphatic heterocycles. The van der Waals surface area contributed by atoms with Gasteiger partial charge in [0.25, 0.3) is 5.91 Å². The van der Waals surface area contributed by atoms with Gasteiger partial charge >= 0.3 is 0 Å². The van der Waals surface area contributed by atoms with Crippen molar-refractivity contribution in [3.63, 3.8) is 0 Å². The van der Waals surface area contributed by atoms with E-state index in [9.17, 15) is 4.79 Å². The van der Waals surface area contributed by atoms with Crippen molar-refractivity contribution in [2.45, 2.75) is 13.8 Å². The summed E-state index contributed by atoms with van der Waals surface area (Å²) in [6, 6.07) is 5.01. The molecule has 1 aromatic heterocycles. The molecular weight excluding hydrogens is 286 g/mol. The highest BCUT2D eigenvalue weighted by molar-refractivity contribution is 6.02. The van der Waals surface area contributed by atoms with Crippen LogP contribution in [0.5, 0.6) is 17.2 Å². The number of amides is 1. The smallest absolute Gasteiger partial charge is 0.291 e. The monoisotopic (exact) mass is 305 g/mol. The van der Waals surface area contributed by atoms with Gasteiger partial charge in [0, 0.05) is 17.8 Å². The minimum Gasteiger partial charge on any atom is -0.493 e. The lowest BCUT2D eigenvalue weighted by Gasteiger charge is -2.14. The quantitative estimate of drug-likeness (QED) is 0.918. The fourth-order valence-electron chi connectivity index (χ4n) is 2.03. The molecule has 0 unspecified atom stereocenters. The summed E-state index contributed by atoms with van der Waals surface area (Å²) in [7, 11) is 4.55. The summed E-state index contributed by atoms with van der Waals surface area (Å²) in [5, 5.41) is 2.75. The Morgan fingerprint density at radius 2 is 1.59 bits per heavy atom. The molecule has 6 heteroatoms. The van der Waals surface area contributed by atoms with Crippen LogP contribution in [0.15, 0.2) is 22.6 Å². The summed E-state index contributed by atoms with van der Waals surface area (Å²) in [6.07, 6.45) is 0. The van der Waals surface area contributed by atoms with Crippen molar-refractivity contribution in [3.05, 3.63) is 35.3 Å². The number of hydrogen-bond donors (Lipinski definition) is 1. The van der Waals surface area contributed by atoms with E-state index >= 15 is 0 Å². The van der Waals surface area contributed by atoms with Gasteiger partial charge in [0.15, 0.2) is 17.3 Å². The van der Waals surface area contributed by atoms with Crippen LogP contribution in [-0.4, -0.2) is 27.2 Å². The third-order valence-electron chi connectivity index (χ3n) is 3.31. The lowest BCUT2D eigenvalue weighted by atomic mass is 10.2. The van der Waals surface area contributed by atoms with Gasteiger partial charge in [0.05, 0.1) is 21.3 Å². The first-order chi connectivity index (χ1) is 10.5. The Hall–Kier alpha value is -2.63. The van der Waals surface area contributed by atoms with Gasteiger partial charge in [-0.25, -0.2) is 0 Å². The third-order valence-corrected chi connectivity index (χ3v) is 3.31. The number of rotatable bonds is 5. The van der Waals surface area contributed by atoms with Gasteiger partial charge in [-0.3, -0.25) is 4.79 Å². The Balaban J connectivity index is 2.31. The van der Waals surface area contributed by atoms with E-state index in [1.54, 1.807) is 18.2 Å². The molecule has 0 aliphatic rings. The van der Waals surface area contributed by atoms with E-state index in [-0.39, 0.29) is 11.7 Å². The maximum absolute atomic E-state index is 12.2. The summed E-state index contributed by atoms with van der Waals surface area (Å²) in [5.41, 5.74) is 1.45. The van der Waals surface area contributed by atoms with E-state index in [2.05, 4.69) is 5.32 Å². The van der Waals surface area contributed by atoms with Crippen LogP contribution in [0.2, 0.25) is 0 Å². The largest absolute Gasteiger partial charge is 0.493 e. The van der Waals surface area contributed by atoms with E-state index in [4.69, 9.17) is 18.6 Å². The van der Waals surface area contributed by atoms with Gasteiger partial charge < -0.3 is 23.9 Å². The van der Waals surface area contributed by atoms with Gasteiger partial charge in [0.1, 0.15) is 5.76 Å². The highest BCUT2D eigenvalue weighted by Crippen LogP contribution is 2.40. The second-order valence-corrected chi connectivity index (χ2v) is 4.72. The SMILES string of the molecule is COc1cc(NC(=O)c2cc(C)c(C)o2)cc(OC)c1OC. The fourth-order valence-corrected chi connectivity index (χ4v) is 2.03. The van der Waals surface area contributed by atoms with Gasteiger partial charge in [-0.15, -0.1) is 0 Å². The number of ether oxygens (including phenoxy) is 3. The number of furan rings is 1. The predicted octanol–water partition coefficient (Wildman–Crippen LogP) is 3.17. The lowest BCUT2D eigenvalue weighted by Crippen LogP contribution is -2.11. The first-order valence-corrected chi connectivity index (χ1v) is 6.68. The number of carbonyl (C=O) groups is 1. The molecule has 22 heavy (non-hydrogen) atoms. The van der Waals surface area contributed by atoms with Crippen molar-refractivity contribution < 1.29 is 23.4 Å². The van der Waals surface area contributed by atoms with E-state index in [1.807, 2.05) is 13.8 Å². The number of benzene rings is 1. The Morgan fingerprint density at radius 3 is 2.00 bits per heavy atom. The van der Waals surface area contributed by atoms with Crippen LogP contribution in [0.4, 0.5) is 5.69 Å². The molecule has 0 aliphatic carbocycles. The van der Waals surface area contributed by atoms with Crippen molar-refractivity contribution in [2.24, 2.45) is 0 Å². The Labute approximate surface area is 129 Å². The Morgan fingerprint density at radius 1 is 1.00 bits per heavy atom. The number of hydrogen-bond acceptors (Lipinski definition) is 5. The highest BCUT2D eigenvalue weighted by Gasteiger charge is 2.17. The molecule has 118 valence electrons. The predicted molar refractivity (Wildman–Crippen MR) is 82.2 cm³/mol. The topological polar surface area (TPSA) is 69.9 Å². The average molecular weight is 305 g/mol. The summed E-state index contributed by atoms with van der Waals surface area (Å²) in [6.45, 7) is 3.70. The number of methoxy groups -OCH3 is 3. The van der Waals surface area contributed by atoms with Crippen molar-refractivity contribution in [1.82, 2.24) is 0 Å². The van der Waals surface area contributed by atoms with Crippen LogP contribution in [0, 0.1) is 13.8 Å². The van der Waals surface area contributed by atoms with E-state index in [0.29, 0.717) is 22.9 Å². The molecule has 0 bridgehead atoms. The highest BCUT2D eigenvalue weighted by atomic mass is 16.5.